The maximum atomic E-state index is 12.7. The number of fused-ring (bicyclic) bond motifs is 1. The van der Waals surface area contributed by atoms with Crippen LogP contribution in [0.4, 0.5) is 0 Å². The van der Waals surface area contributed by atoms with Gasteiger partial charge in [0.05, 0.1) is 14.2 Å². The number of methoxy groups -OCH3 is 2. The molecule has 0 aliphatic rings. The lowest BCUT2D eigenvalue weighted by Gasteiger charge is -2.12. The maximum Gasteiger partial charge on any atom is 0.244 e. The number of H-pyrrole nitrogens is 1. The molecular formula is C18H20N2O4S. The highest BCUT2D eigenvalue weighted by Gasteiger charge is 2.20. The molecule has 0 radical (unpaired) electrons. The summed E-state index contributed by atoms with van der Waals surface area (Å²) in [6.45, 7) is 2.17. The SMILES string of the molecule is COc1ccc(OC)c(S(=O)(=O)NCc2ccc3[nH]c(C)cc3c2)c1. The standard InChI is InChI=1S/C18H20N2O4S/c1-12-8-14-9-13(4-6-16(14)20-12)11-19-25(21,22)18-10-15(23-2)5-7-17(18)24-3/h4-10,19-20H,11H2,1-3H3. The Balaban J connectivity index is 1.85. The van der Waals surface area contributed by atoms with Gasteiger partial charge in [0.2, 0.25) is 10.0 Å². The molecule has 7 heteroatoms. The van der Waals surface area contributed by atoms with Crippen molar-refractivity contribution in [3.63, 3.8) is 0 Å². The van der Waals surface area contributed by atoms with Crippen LogP contribution in [-0.2, 0) is 16.6 Å². The molecule has 2 N–H and O–H groups in total. The number of aromatic amines is 1. The molecule has 1 aromatic heterocycles. The van der Waals surface area contributed by atoms with Crippen molar-refractivity contribution in [2.24, 2.45) is 0 Å². The van der Waals surface area contributed by atoms with Crippen molar-refractivity contribution in [3.8, 4) is 11.5 Å². The van der Waals surface area contributed by atoms with E-state index in [-0.39, 0.29) is 17.2 Å². The highest BCUT2D eigenvalue weighted by atomic mass is 32.2. The normalized spacial score (nSPS) is 11.6. The van der Waals surface area contributed by atoms with Crippen LogP contribution >= 0.6 is 0 Å². The molecule has 0 fully saturated rings. The summed E-state index contributed by atoms with van der Waals surface area (Å²) >= 11 is 0. The molecule has 25 heavy (non-hydrogen) atoms. The minimum atomic E-state index is -3.74. The van der Waals surface area contributed by atoms with Gasteiger partial charge in [-0.1, -0.05) is 6.07 Å². The minimum absolute atomic E-state index is 0.0490. The average molecular weight is 360 g/mol. The Bertz CT molecular complexity index is 1010. The summed E-state index contributed by atoms with van der Waals surface area (Å²) in [5, 5.41) is 1.05. The molecule has 0 aliphatic heterocycles. The Hall–Kier alpha value is -2.51. The van der Waals surface area contributed by atoms with E-state index >= 15 is 0 Å². The van der Waals surface area contributed by atoms with Crippen LogP contribution in [-0.4, -0.2) is 27.6 Å². The first-order valence-corrected chi connectivity index (χ1v) is 9.21. The number of hydrogen-bond acceptors (Lipinski definition) is 4. The average Bonchev–Trinajstić information content (AvgIpc) is 2.98. The van der Waals surface area contributed by atoms with Crippen LogP contribution in [0.5, 0.6) is 11.5 Å². The molecule has 0 unspecified atom stereocenters. The second-order valence-electron chi connectivity index (χ2n) is 5.72. The van der Waals surface area contributed by atoms with E-state index in [0.717, 1.165) is 22.2 Å². The first-order chi connectivity index (χ1) is 11.9. The third-order valence-corrected chi connectivity index (χ3v) is 5.37. The fourth-order valence-corrected chi connectivity index (χ4v) is 3.89. The van der Waals surface area contributed by atoms with Crippen molar-refractivity contribution in [2.45, 2.75) is 18.4 Å². The van der Waals surface area contributed by atoms with Crippen LogP contribution in [0.15, 0.2) is 47.4 Å². The van der Waals surface area contributed by atoms with Crippen LogP contribution < -0.4 is 14.2 Å². The van der Waals surface area contributed by atoms with Crippen molar-refractivity contribution >= 4 is 20.9 Å². The number of aryl methyl sites for hydroxylation is 1. The zero-order valence-electron chi connectivity index (χ0n) is 14.3. The second-order valence-corrected chi connectivity index (χ2v) is 7.45. The van der Waals surface area contributed by atoms with Gasteiger partial charge in [-0.15, -0.1) is 0 Å². The minimum Gasteiger partial charge on any atom is -0.497 e. The van der Waals surface area contributed by atoms with Crippen LogP contribution in [0.3, 0.4) is 0 Å². The Morgan fingerprint density at radius 2 is 1.84 bits per heavy atom. The van der Waals surface area contributed by atoms with Gasteiger partial charge in [0.15, 0.2) is 0 Å². The van der Waals surface area contributed by atoms with Crippen LogP contribution in [0.2, 0.25) is 0 Å². The second kappa shape index (κ2) is 6.78. The molecule has 3 aromatic rings. The van der Waals surface area contributed by atoms with E-state index < -0.39 is 10.0 Å². The van der Waals surface area contributed by atoms with Gasteiger partial charge in [-0.25, -0.2) is 13.1 Å². The van der Waals surface area contributed by atoms with Crippen LogP contribution in [0, 0.1) is 6.92 Å². The summed E-state index contributed by atoms with van der Waals surface area (Å²) in [7, 11) is -0.825. The summed E-state index contributed by atoms with van der Waals surface area (Å²) in [5.41, 5.74) is 2.96. The summed E-state index contributed by atoms with van der Waals surface area (Å²) in [6.07, 6.45) is 0. The van der Waals surface area contributed by atoms with Gasteiger partial charge >= 0.3 is 0 Å². The van der Waals surface area contributed by atoms with Gasteiger partial charge in [-0.05, 0) is 48.2 Å². The third kappa shape index (κ3) is 3.62. The van der Waals surface area contributed by atoms with Gasteiger partial charge in [0.25, 0.3) is 0 Å². The molecule has 0 atom stereocenters. The molecule has 132 valence electrons. The first kappa shape index (κ1) is 17.3. The summed E-state index contributed by atoms with van der Waals surface area (Å²) < 4.78 is 38.2. The molecule has 0 saturated heterocycles. The van der Waals surface area contributed by atoms with Gasteiger partial charge in [-0.3, -0.25) is 0 Å². The smallest absolute Gasteiger partial charge is 0.244 e. The van der Waals surface area contributed by atoms with Crippen LogP contribution in [0.25, 0.3) is 10.9 Å². The molecular weight excluding hydrogens is 340 g/mol. The molecule has 0 bridgehead atoms. The van der Waals surface area contributed by atoms with E-state index in [1.165, 1.54) is 20.3 Å². The zero-order chi connectivity index (χ0) is 18.0. The lowest BCUT2D eigenvalue weighted by atomic mass is 10.1. The van der Waals surface area contributed by atoms with Crippen molar-refractivity contribution < 1.29 is 17.9 Å². The van der Waals surface area contributed by atoms with E-state index in [4.69, 9.17) is 9.47 Å². The van der Waals surface area contributed by atoms with E-state index in [1.54, 1.807) is 12.1 Å². The molecule has 0 amide bonds. The van der Waals surface area contributed by atoms with Crippen molar-refractivity contribution in [1.29, 1.82) is 0 Å². The summed E-state index contributed by atoms with van der Waals surface area (Å²) in [5.74, 6) is 0.718. The quantitative estimate of drug-likeness (QED) is 0.708. The zero-order valence-corrected chi connectivity index (χ0v) is 15.1. The molecule has 6 nitrogen and oxygen atoms in total. The fourth-order valence-electron chi connectivity index (χ4n) is 2.69. The highest BCUT2D eigenvalue weighted by molar-refractivity contribution is 7.89. The Morgan fingerprint density at radius 1 is 1.04 bits per heavy atom. The summed E-state index contributed by atoms with van der Waals surface area (Å²) in [4.78, 5) is 3.29. The maximum absolute atomic E-state index is 12.7. The predicted octanol–water partition coefficient (Wildman–Crippen LogP) is 2.97. The summed E-state index contributed by atoms with van der Waals surface area (Å²) in [6, 6.07) is 12.5. The predicted molar refractivity (Wildman–Crippen MR) is 96.6 cm³/mol. The van der Waals surface area contributed by atoms with Gasteiger partial charge < -0.3 is 14.5 Å². The first-order valence-electron chi connectivity index (χ1n) is 7.73. The number of ether oxygens (including phenoxy) is 2. The lowest BCUT2D eigenvalue weighted by molar-refractivity contribution is 0.392. The molecule has 0 spiro atoms. The highest BCUT2D eigenvalue weighted by Crippen LogP contribution is 2.28. The number of hydrogen-bond donors (Lipinski definition) is 2. The van der Waals surface area contributed by atoms with Gasteiger partial charge in [-0.2, -0.15) is 0 Å². The number of rotatable bonds is 6. The third-order valence-electron chi connectivity index (χ3n) is 3.95. The molecule has 2 aromatic carbocycles. The lowest BCUT2D eigenvalue weighted by Crippen LogP contribution is -2.23. The monoisotopic (exact) mass is 360 g/mol. The van der Waals surface area contributed by atoms with E-state index in [2.05, 4.69) is 9.71 Å². The number of nitrogens with one attached hydrogen (secondary N) is 2. The van der Waals surface area contributed by atoms with E-state index in [1.807, 2.05) is 31.2 Å². The van der Waals surface area contributed by atoms with Crippen molar-refractivity contribution in [1.82, 2.24) is 9.71 Å². The van der Waals surface area contributed by atoms with Crippen LogP contribution in [0.1, 0.15) is 11.3 Å². The molecule has 3 rings (SSSR count). The molecule has 0 saturated carbocycles. The number of benzene rings is 2. The Kier molecular flexibility index (Phi) is 4.69. The topological polar surface area (TPSA) is 80.4 Å². The van der Waals surface area contributed by atoms with Gasteiger partial charge in [0.1, 0.15) is 16.4 Å². The molecule has 1 heterocycles. The largest absolute Gasteiger partial charge is 0.497 e. The fraction of sp³-hybridized carbons (Fsp3) is 0.222. The number of sulfonamides is 1. The Morgan fingerprint density at radius 3 is 2.56 bits per heavy atom. The Labute approximate surface area is 146 Å². The van der Waals surface area contributed by atoms with Gasteiger partial charge in [0, 0.05) is 23.8 Å². The van der Waals surface area contributed by atoms with E-state index in [0.29, 0.717) is 5.75 Å². The molecule has 0 aliphatic carbocycles. The van der Waals surface area contributed by atoms with E-state index in [9.17, 15) is 8.42 Å². The van der Waals surface area contributed by atoms with Crippen molar-refractivity contribution in [2.75, 3.05) is 14.2 Å². The van der Waals surface area contributed by atoms with Crippen molar-refractivity contribution in [3.05, 3.63) is 53.7 Å². The number of aromatic nitrogens is 1.